The van der Waals surface area contributed by atoms with Crippen LogP contribution in [0.25, 0.3) is 0 Å². The first-order chi connectivity index (χ1) is 8.15. The Morgan fingerprint density at radius 1 is 1.24 bits per heavy atom. The molecule has 1 atom stereocenters. The van der Waals surface area contributed by atoms with Gasteiger partial charge in [-0.05, 0) is 24.6 Å². The molecular weight excluding hydrogens is 302 g/mol. The summed E-state index contributed by atoms with van der Waals surface area (Å²) in [7, 11) is 0. The number of nitrogens with zero attached hydrogens (tertiary/aromatic N) is 2. The van der Waals surface area contributed by atoms with Crippen LogP contribution in [0.3, 0.4) is 0 Å². The van der Waals surface area contributed by atoms with E-state index in [1.807, 2.05) is 12.1 Å². The van der Waals surface area contributed by atoms with E-state index >= 15 is 0 Å². The number of nitrogens with one attached hydrogen (secondary N) is 1. The number of halogens is 2. The first-order valence-electron chi connectivity index (χ1n) is 5.14. The van der Waals surface area contributed by atoms with E-state index in [4.69, 9.17) is 11.6 Å². The second-order valence-corrected chi connectivity index (χ2v) is 4.95. The first kappa shape index (κ1) is 12.3. The molecule has 0 saturated heterocycles. The molecule has 1 N–H and O–H groups in total. The van der Waals surface area contributed by atoms with Crippen LogP contribution in [-0.2, 0) is 0 Å². The predicted octanol–water partition coefficient (Wildman–Crippen LogP) is 4.07. The van der Waals surface area contributed by atoms with E-state index in [0.29, 0.717) is 11.0 Å². The van der Waals surface area contributed by atoms with Gasteiger partial charge in [0.1, 0.15) is 11.0 Å². The van der Waals surface area contributed by atoms with Crippen molar-refractivity contribution in [2.24, 2.45) is 0 Å². The van der Waals surface area contributed by atoms with Crippen molar-refractivity contribution < 1.29 is 0 Å². The normalized spacial score (nSPS) is 12.2. The Bertz CT molecular complexity index is 501. The summed E-state index contributed by atoms with van der Waals surface area (Å²) in [5, 5.41) is 3.63. The minimum absolute atomic E-state index is 0.149. The molecule has 5 heteroatoms. The molecule has 0 bridgehead atoms. The number of aromatic nitrogens is 2. The first-order valence-corrected chi connectivity index (χ1v) is 6.32. The second kappa shape index (κ2) is 5.47. The molecular formula is C12H11BrClN3. The van der Waals surface area contributed by atoms with Crippen molar-refractivity contribution in [3.63, 3.8) is 0 Å². The minimum atomic E-state index is 0.149. The van der Waals surface area contributed by atoms with E-state index in [2.05, 4.69) is 50.3 Å². The van der Waals surface area contributed by atoms with Gasteiger partial charge in [-0.25, -0.2) is 4.98 Å². The third-order valence-corrected chi connectivity index (χ3v) is 3.05. The van der Waals surface area contributed by atoms with Gasteiger partial charge < -0.3 is 5.32 Å². The highest BCUT2D eigenvalue weighted by Gasteiger charge is 2.06. The van der Waals surface area contributed by atoms with Gasteiger partial charge in [0.2, 0.25) is 0 Å². The quantitative estimate of drug-likeness (QED) is 0.928. The van der Waals surface area contributed by atoms with Gasteiger partial charge in [-0.3, -0.25) is 4.98 Å². The van der Waals surface area contributed by atoms with Crippen molar-refractivity contribution in [2.45, 2.75) is 13.0 Å². The van der Waals surface area contributed by atoms with Gasteiger partial charge in [-0.2, -0.15) is 0 Å². The van der Waals surface area contributed by atoms with Crippen LogP contribution in [0.1, 0.15) is 18.5 Å². The van der Waals surface area contributed by atoms with E-state index in [-0.39, 0.29) is 6.04 Å². The zero-order chi connectivity index (χ0) is 12.3. The van der Waals surface area contributed by atoms with Crippen molar-refractivity contribution >= 4 is 33.3 Å². The number of hydrogen-bond acceptors (Lipinski definition) is 3. The fourth-order valence-corrected chi connectivity index (χ4v) is 1.88. The fraction of sp³-hybridized carbons (Fsp3) is 0.167. The molecule has 0 fully saturated rings. The van der Waals surface area contributed by atoms with E-state index in [1.54, 1.807) is 6.20 Å². The molecule has 0 saturated carbocycles. The molecule has 0 aliphatic heterocycles. The lowest BCUT2D eigenvalue weighted by Gasteiger charge is -2.14. The number of hydrogen-bond donors (Lipinski definition) is 1. The molecule has 0 amide bonds. The molecule has 17 heavy (non-hydrogen) atoms. The average Bonchev–Trinajstić information content (AvgIpc) is 2.29. The minimum Gasteiger partial charge on any atom is -0.362 e. The van der Waals surface area contributed by atoms with Crippen LogP contribution in [0.5, 0.6) is 0 Å². The summed E-state index contributed by atoms with van der Waals surface area (Å²) in [5.74, 6) is 0.674. The summed E-state index contributed by atoms with van der Waals surface area (Å²) >= 11 is 9.19. The number of rotatable bonds is 3. The Labute approximate surface area is 113 Å². The summed E-state index contributed by atoms with van der Waals surface area (Å²) in [6.07, 6.45) is 3.16. The van der Waals surface area contributed by atoms with E-state index in [0.717, 1.165) is 4.47 Å². The highest BCUT2D eigenvalue weighted by Crippen LogP contribution is 2.20. The monoisotopic (exact) mass is 311 g/mol. The van der Waals surface area contributed by atoms with Crippen molar-refractivity contribution in [3.05, 3.63) is 51.8 Å². The van der Waals surface area contributed by atoms with Crippen molar-refractivity contribution in [1.82, 2.24) is 9.97 Å². The zero-order valence-electron chi connectivity index (χ0n) is 9.19. The summed E-state index contributed by atoms with van der Waals surface area (Å²) < 4.78 is 1.07. The van der Waals surface area contributed by atoms with E-state index in [9.17, 15) is 0 Å². The van der Waals surface area contributed by atoms with E-state index < -0.39 is 0 Å². The third kappa shape index (κ3) is 3.41. The molecule has 0 aliphatic carbocycles. The van der Waals surface area contributed by atoms with Crippen LogP contribution in [0.2, 0.25) is 5.15 Å². The summed E-state index contributed by atoms with van der Waals surface area (Å²) in [6, 6.07) is 8.28. The molecule has 2 rings (SSSR count). The number of anilines is 1. The molecule has 0 spiro atoms. The van der Waals surface area contributed by atoms with Gasteiger partial charge in [0, 0.05) is 10.5 Å². The van der Waals surface area contributed by atoms with E-state index in [1.165, 1.54) is 11.8 Å². The lowest BCUT2D eigenvalue weighted by molar-refractivity contribution is 0.871. The summed E-state index contributed by atoms with van der Waals surface area (Å²) in [6.45, 7) is 2.06. The molecule has 1 aromatic carbocycles. The van der Waals surface area contributed by atoms with Crippen molar-refractivity contribution in [1.29, 1.82) is 0 Å². The Morgan fingerprint density at radius 3 is 2.59 bits per heavy atom. The molecule has 88 valence electrons. The maximum Gasteiger partial charge on any atom is 0.149 e. The van der Waals surface area contributed by atoms with Crippen LogP contribution < -0.4 is 5.32 Å². The smallest absolute Gasteiger partial charge is 0.149 e. The Kier molecular flexibility index (Phi) is 3.97. The highest BCUT2D eigenvalue weighted by atomic mass is 79.9. The second-order valence-electron chi connectivity index (χ2n) is 3.64. The molecule has 3 nitrogen and oxygen atoms in total. The molecule has 0 radical (unpaired) electrons. The highest BCUT2D eigenvalue weighted by molar-refractivity contribution is 9.10. The van der Waals surface area contributed by atoms with Crippen LogP contribution in [0, 0.1) is 0 Å². The van der Waals surface area contributed by atoms with Crippen LogP contribution in [-0.4, -0.2) is 9.97 Å². The average molecular weight is 313 g/mol. The van der Waals surface area contributed by atoms with Gasteiger partial charge in [0.25, 0.3) is 0 Å². The van der Waals surface area contributed by atoms with Crippen LogP contribution >= 0.6 is 27.5 Å². The van der Waals surface area contributed by atoms with Crippen LogP contribution in [0.15, 0.2) is 41.1 Å². The lowest BCUT2D eigenvalue weighted by Crippen LogP contribution is -2.08. The van der Waals surface area contributed by atoms with Gasteiger partial charge in [-0.1, -0.05) is 39.7 Å². The largest absolute Gasteiger partial charge is 0.362 e. The van der Waals surface area contributed by atoms with Gasteiger partial charge >= 0.3 is 0 Å². The maximum atomic E-state index is 5.78. The topological polar surface area (TPSA) is 37.8 Å². The summed E-state index contributed by atoms with van der Waals surface area (Å²) in [5.41, 5.74) is 1.18. The predicted molar refractivity (Wildman–Crippen MR) is 73.2 cm³/mol. The van der Waals surface area contributed by atoms with Crippen LogP contribution in [0.4, 0.5) is 5.82 Å². The third-order valence-electron chi connectivity index (χ3n) is 2.34. The Morgan fingerprint density at radius 2 is 1.94 bits per heavy atom. The molecule has 1 unspecified atom stereocenters. The van der Waals surface area contributed by atoms with Gasteiger partial charge in [-0.15, -0.1) is 0 Å². The van der Waals surface area contributed by atoms with Gasteiger partial charge in [0.05, 0.1) is 12.4 Å². The Balaban J connectivity index is 2.11. The van der Waals surface area contributed by atoms with Gasteiger partial charge in [0.15, 0.2) is 0 Å². The molecule has 2 aromatic rings. The standard InChI is InChI=1S/C12H11BrClN3/c1-8(9-2-4-10(13)5-3-9)16-12-7-15-6-11(14)17-12/h2-8H,1H3,(H,16,17). The maximum absolute atomic E-state index is 5.78. The molecule has 1 aromatic heterocycles. The fourth-order valence-electron chi connectivity index (χ4n) is 1.47. The lowest BCUT2D eigenvalue weighted by atomic mass is 10.1. The SMILES string of the molecule is CC(Nc1cncc(Cl)n1)c1ccc(Br)cc1. The van der Waals surface area contributed by atoms with Crippen molar-refractivity contribution in [3.8, 4) is 0 Å². The number of benzene rings is 1. The van der Waals surface area contributed by atoms with Crippen molar-refractivity contribution in [2.75, 3.05) is 5.32 Å². The summed E-state index contributed by atoms with van der Waals surface area (Å²) in [4.78, 5) is 8.12. The molecule has 0 aliphatic rings. The zero-order valence-corrected chi connectivity index (χ0v) is 11.5. The molecule has 1 heterocycles. The Hall–Kier alpha value is -1.13.